The van der Waals surface area contributed by atoms with Gasteiger partial charge in [0.2, 0.25) is 11.8 Å². The first kappa shape index (κ1) is 20.3. The maximum absolute atomic E-state index is 12.4. The molecule has 3 aromatic rings. The van der Waals surface area contributed by atoms with Crippen molar-refractivity contribution in [1.82, 2.24) is 9.97 Å². The standard InChI is InChI=1S/C20H22N4O2S2/c1-5-16-23-19(18-11(2)12(3)28-20(18)24-16)27-10-17(26)22-15-8-6-7-14(9-15)21-13(4)25/h6-9H,5,10H2,1-4H3,(H,21,25)(H,22,26). The molecule has 2 amide bonds. The number of anilines is 2. The minimum absolute atomic E-state index is 0.126. The van der Waals surface area contributed by atoms with Crippen molar-refractivity contribution in [2.75, 3.05) is 16.4 Å². The maximum Gasteiger partial charge on any atom is 0.234 e. The van der Waals surface area contributed by atoms with Gasteiger partial charge in [0.05, 0.1) is 5.75 Å². The van der Waals surface area contributed by atoms with Crippen molar-refractivity contribution in [3.05, 3.63) is 40.5 Å². The highest BCUT2D eigenvalue weighted by Crippen LogP contribution is 2.35. The largest absolute Gasteiger partial charge is 0.326 e. The van der Waals surface area contributed by atoms with E-state index in [4.69, 9.17) is 0 Å². The van der Waals surface area contributed by atoms with Gasteiger partial charge in [-0.15, -0.1) is 11.3 Å². The summed E-state index contributed by atoms with van der Waals surface area (Å²) in [5.74, 6) is 0.757. The van der Waals surface area contributed by atoms with Gasteiger partial charge in [0, 0.05) is 35.0 Å². The van der Waals surface area contributed by atoms with Gasteiger partial charge in [-0.2, -0.15) is 0 Å². The van der Waals surface area contributed by atoms with Crippen molar-refractivity contribution in [3.63, 3.8) is 0 Å². The van der Waals surface area contributed by atoms with Gasteiger partial charge in [0.1, 0.15) is 15.7 Å². The summed E-state index contributed by atoms with van der Waals surface area (Å²) >= 11 is 3.09. The molecule has 0 aliphatic carbocycles. The fourth-order valence-electron chi connectivity index (χ4n) is 2.73. The van der Waals surface area contributed by atoms with Crippen LogP contribution in [0.1, 0.15) is 30.1 Å². The SMILES string of the molecule is CCc1nc(SCC(=O)Nc2cccc(NC(C)=O)c2)c2c(C)c(C)sc2n1. The van der Waals surface area contributed by atoms with E-state index in [9.17, 15) is 9.59 Å². The van der Waals surface area contributed by atoms with Gasteiger partial charge in [0.15, 0.2) is 0 Å². The van der Waals surface area contributed by atoms with E-state index in [1.54, 1.807) is 35.6 Å². The Bertz CT molecular complexity index is 1050. The minimum Gasteiger partial charge on any atom is -0.326 e. The van der Waals surface area contributed by atoms with E-state index >= 15 is 0 Å². The summed E-state index contributed by atoms with van der Waals surface area (Å²) in [5, 5.41) is 7.48. The number of carbonyl (C=O) groups is 2. The normalized spacial score (nSPS) is 10.9. The number of aromatic nitrogens is 2. The Morgan fingerprint density at radius 2 is 1.86 bits per heavy atom. The lowest BCUT2D eigenvalue weighted by Gasteiger charge is -2.09. The van der Waals surface area contributed by atoms with Crippen LogP contribution in [0.5, 0.6) is 0 Å². The number of thiophene rings is 1. The molecule has 0 radical (unpaired) electrons. The van der Waals surface area contributed by atoms with Gasteiger partial charge in [0.25, 0.3) is 0 Å². The third-order valence-electron chi connectivity index (χ3n) is 4.16. The van der Waals surface area contributed by atoms with Crippen molar-refractivity contribution in [2.45, 2.75) is 39.1 Å². The number of carbonyl (C=O) groups excluding carboxylic acids is 2. The number of hydrogen-bond acceptors (Lipinski definition) is 6. The van der Waals surface area contributed by atoms with E-state index in [2.05, 4.69) is 34.4 Å². The molecule has 2 N–H and O–H groups in total. The topological polar surface area (TPSA) is 84.0 Å². The van der Waals surface area contributed by atoms with Gasteiger partial charge < -0.3 is 10.6 Å². The molecule has 3 rings (SSSR count). The Kier molecular flexibility index (Phi) is 6.31. The molecule has 0 fully saturated rings. The van der Waals surface area contributed by atoms with Crippen LogP contribution in [-0.4, -0.2) is 27.5 Å². The average molecular weight is 415 g/mol. The fraction of sp³-hybridized carbons (Fsp3) is 0.300. The van der Waals surface area contributed by atoms with Crippen molar-refractivity contribution in [2.24, 2.45) is 0 Å². The van der Waals surface area contributed by atoms with E-state index in [0.29, 0.717) is 11.4 Å². The molecule has 0 bridgehead atoms. The molecule has 0 saturated carbocycles. The van der Waals surface area contributed by atoms with E-state index in [1.165, 1.54) is 29.1 Å². The molecule has 2 heterocycles. The van der Waals surface area contributed by atoms with Crippen LogP contribution in [-0.2, 0) is 16.0 Å². The molecular weight excluding hydrogens is 392 g/mol. The zero-order valence-electron chi connectivity index (χ0n) is 16.3. The van der Waals surface area contributed by atoms with E-state index in [0.717, 1.165) is 27.5 Å². The molecule has 8 heteroatoms. The van der Waals surface area contributed by atoms with Crippen LogP contribution < -0.4 is 10.6 Å². The summed E-state index contributed by atoms with van der Waals surface area (Å²) in [6.45, 7) is 7.62. The molecule has 6 nitrogen and oxygen atoms in total. The molecule has 0 aliphatic heterocycles. The number of aryl methyl sites for hydroxylation is 3. The molecule has 0 saturated heterocycles. The molecular formula is C20H22N4O2S2. The Morgan fingerprint density at radius 1 is 1.14 bits per heavy atom. The van der Waals surface area contributed by atoms with Gasteiger partial charge in [-0.25, -0.2) is 9.97 Å². The van der Waals surface area contributed by atoms with Crippen LogP contribution in [0.25, 0.3) is 10.2 Å². The number of fused-ring (bicyclic) bond motifs is 1. The average Bonchev–Trinajstić information content (AvgIpc) is 2.93. The first-order valence-electron chi connectivity index (χ1n) is 8.94. The van der Waals surface area contributed by atoms with Crippen molar-refractivity contribution in [1.29, 1.82) is 0 Å². The zero-order chi connectivity index (χ0) is 20.3. The van der Waals surface area contributed by atoms with Gasteiger partial charge in [-0.3, -0.25) is 9.59 Å². The highest BCUT2D eigenvalue weighted by Gasteiger charge is 2.16. The number of nitrogens with one attached hydrogen (secondary N) is 2. The first-order valence-corrected chi connectivity index (χ1v) is 10.7. The van der Waals surface area contributed by atoms with Crippen LogP contribution in [0, 0.1) is 13.8 Å². The summed E-state index contributed by atoms with van der Waals surface area (Å²) in [6, 6.07) is 7.08. The summed E-state index contributed by atoms with van der Waals surface area (Å²) in [7, 11) is 0. The van der Waals surface area contributed by atoms with Gasteiger partial charge >= 0.3 is 0 Å². The molecule has 0 aliphatic rings. The molecule has 1 aromatic carbocycles. The maximum atomic E-state index is 12.4. The number of rotatable bonds is 6. The Morgan fingerprint density at radius 3 is 2.54 bits per heavy atom. The lowest BCUT2D eigenvalue weighted by Crippen LogP contribution is -2.14. The van der Waals surface area contributed by atoms with E-state index in [1.807, 2.05) is 6.92 Å². The third kappa shape index (κ3) is 4.69. The van der Waals surface area contributed by atoms with Crippen molar-refractivity contribution >= 4 is 56.5 Å². The minimum atomic E-state index is -0.153. The smallest absolute Gasteiger partial charge is 0.234 e. The molecule has 0 unspecified atom stereocenters. The number of nitrogens with zero attached hydrogens (tertiary/aromatic N) is 2. The van der Waals surface area contributed by atoms with Gasteiger partial charge in [-0.1, -0.05) is 24.8 Å². The van der Waals surface area contributed by atoms with E-state index in [-0.39, 0.29) is 17.6 Å². The van der Waals surface area contributed by atoms with Crippen LogP contribution in [0.15, 0.2) is 29.3 Å². The van der Waals surface area contributed by atoms with Gasteiger partial charge in [-0.05, 0) is 37.6 Å². The molecule has 0 atom stereocenters. The summed E-state index contributed by atoms with van der Waals surface area (Å²) in [6.07, 6.45) is 0.752. The number of hydrogen-bond donors (Lipinski definition) is 2. The molecule has 0 spiro atoms. The second kappa shape index (κ2) is 8.70. The van der Waals surface area contributed by atoms with Crippen LogP contribution >= 0.6 is 23.1 Å². The summed E-state index contributed by atoms with van der Waals surface area (Å²) in [4.78, 5) is 35.1. The zero-order valence-corrected chi connectivity index (χ0v) is 17.9. The predicted molar refractivity (Wildman–Crippen MR) is 116 cm³/mol. The van der Waals surface area contributed by atoms with Crippen molar-refractivity contribution in [3.8, 4) is 0 Å². The highest BCUT2D eigenvalue weighted by atomic mass is 32.2. The monoisotopic (exact) mass is 414 g/mol. The molecule has 146 valence electrons. The summed E-state index contributed by atoms with van der Waals surface area (Å²) in [5.41, 5.74) is 2.46. The Labute approximate surface area is 172 Å². The Hall–Kier alpha value is -2.45. The number of thioether (sulfide) groups is 1. The van der Waals surface area contributed by atoms with E-state index < -0.39 is 0 Å². The first-order chi connectivity index (χ1) is 13.4. The second-order valence-electron chi connectivity index (χ2n) is 6.36. The van der Waals surface area contributed by atoms with Crippen LogP contribution in [0.2, 0.25) is 0 Å². The van der Waals surface area contributed by atoms with Crippen molar-refractivity contribution < 1.29 is 9.59 Å². The number of amides is 2. The lowest BCUT2D eigenvalue weighted by atomic mass is 10.2. The number of benzene rings is 1. The second-order valence-corrected chi connectivity index (χ2v) is 8.53. The lowest BCUT2D eigenvalue weighted by molar-refractivity contribution is -0.114. The highest BCUT2D eigenvalue weighted by molar-refractivity contribution is 8.00. The quantitative estimate of drug-likeness (QED) is 0.456. The molecule has 2 aromatic heterocycles. The fourth-order valence-corrected chi connectivity index (χ4v) is 4.74. The van der Waals surface area contributed by atoms with Crippen LogP contribution in [0.4, 0.5) is 11.4 Å². The predicted octanol–water partition coefficient (Wildman–Crippen LogP) is 4.56. The molecule has 28 heavy (non-hydrogen) atoms. The van der Waals surface area contributed by atoms with Crippen LogP contribution in [0.3, 0.4) is 0 Å². The third-order valence-corrected chi connectivity index (χ3v) is 6.24. The Balaban J connectivity index is 1.73. The summed E-state index contributed by atoms with van der Waals surface area (Å²) < 4.78 is 0.